The molecule has 0 aliphatic heterocycles. The monoisotopic (exact) mass is 908 g/mol. The van der Waals surface area contributed by atoms with E-state index in [0.717, 1.165) is 64.2 Å². The number of aliphatic hydroxyl groups excluding tert-OH is 1. The Balaban J connectivity index is 3.57. The molecule has 0 radical (unpaired) electrons. The molecule has 9 nitrogen and oxygen atoms in total. The molecule has 0 aromatic carbocycles. The third-order valence-corrected chi connectivity index (χ3v) is 12.2. The van der Waals surface area contributed by atoms with Gasteiger partial charge >= 0.3 is 13.8 Å². The average Bonchev–Trinajstić information content (AvgIpc) is 3.27. The van der Waals surface area contributed by atoms with E-state index in [1.165, 1.54) is 154 Å². The van der Waals surface area contributed by atoms with Gasteiger partial charge in [-0.3, -0.25) is 18.6 Å². The molecule has 368 valence electrons. The lowest BCUT2D eigenvalue weighted by atomic mass is 10.0. The molecule has 0 heterocycles. The number of esters is 1. The van der Waals surface area contributed by atoms with Crippen LogP contribution in [0.3, 0.4) is 0 Å². The Morgan fingerprint density at radius 1 is 0.492 bits per heavy atom. The van der Waals surface area contributed by atoms with Gasteiger partial charge in [0.2, 0.25) is 5.91 Å². The predicted octanol–water partition coefficient (Wildman–Crippen LogP) is 15.4. The first-order valence-electron chi connectivity index (χ1n) is 26.1. The molecule has 0 saturated carbocycles. The summed E-state index contributed by atoms with van der Waals surface area (Å²) >= 11 is 0. The third-order valence-electron chi connectivity index (χ3n) is 11.3. The summed E-state index contributed by atoms with van der Waals surface area (Å²) in [5.41, 5.74) is 0. The highest BCUT2D eigenvalue weighted by Crippen LogP contribution is 2.42. The summed E-state index contributed by atoms with van der Waals surface area (Å²) in [5.74, 6) is -0.520. The van der Waals surface area contributed by atoms with Gasteiger partial charge in [0.1, 0.15) is 12.7 Å². The maximum Gasteiger partial charge on any atom is 0.472 e. The van der Waals surface area contributed by atoms with Crippen LogP contribution in [0.1, 0.15) is 245 Å². The molecule has 0 saturated heterocycles. The number of hydrogen-bond donors (Lipinski definition) is 3. The highest BCUT2D eigenvalue weighted by Gasteiger charge is 2.23. The van der Waals surface area contributed by atoms with E-state index in [2.05, 4.69) is 67.8 Å². The van der Waals surface area contributed by atoms with E-state index in [0.29, 0.717) is 6.42 Å². The lowest BCUT2D eigenvalue weighted by Gasteiger charge is -2.15. The van der Waals surface area contributed by atoms with E-state index in [1.807, 2.05) is 0 Å². The summed E-state index contributed by atoms with van der Waals surface area (Å²) < 4.78 is 27.0. The van der Waals surface area contributed by atoms with Crippen LogP contribution in [0.2, 0.25) is 0 Å². The second-order valence-corrected chi connectivity index (χ2v) is 19.0. The number of amides is 1. The van der Waals surface area contributed by atoms with Crippen LogP contribution in [-0.2, 0) is 27.9 Å². The lowest BCUT2D eigenvalue weighted by Crippen LogP contribution is -2.27. The van der Waals surface area contributed by atoms with Gasteiger partial charge in [-0.05, 0) is 57.8 Å². The SMILES string of the molecule is CCCCC/C=C\C/C=C\C/C=C\C/C=C\CCCCCCCCCC(=O)NCCOP(=O)(O)OCC(O)COC(=O)CCCCCCCCCCCCCCCCCCCCC. The number of carbonyl (C=O) groups is 2. The number of unbranched alkanes of at least 4 members (excludes halogenated alkanes) is 28. The second-order valence-electron chi connectivity index (χ2n) is 17.5. The zero-order valence-corrected chi connectivity index (χ0v) is 41.7. The van der Waals surface area contributed by atoms with Gasteiger partial charge in [0.05, 0.1) is 13.2 Å². The van der Waals surface area contributed by atoms with E-state index < -0.39 is 26.5 Å². The normalized spacial score (nSPS) is 13.5. The number of aliphatic hydroxyl groups is 1. The van der Waals surface area contributed by atoms with E-state index in [1.54, 1.807) is 0 Å². The first-order valence-corrected chi connectivity index (χ1v) is 27.6. The number of hydrogen-bond acceptors (Lipinski definition) is 7. The van der Waals surface area contributed by atoms with Crippen molar-refractivity contribution in [2.24, 2.45) is 0 Å². The predicted molar refractivity (Wildman–Crippen MR) is 266 cm³/mol. The van der Waals surface area contributed by atoms with Crippen LogP contribution in [0, 0.1) is 0 Å². The summed E-state index contributed by atoms with van der Waals surface area (Å²) in [6.45, 7) is 3.55. The molecule has 3 N–H and O–H groups in total. The first-order chi connectivity index (χ1) is 30.8. The van der Waals surface area contributed by atoms with Crippen LogP contribution in [-0.4, -0.2) is 54.3 Å². The fourth-order valence-electron chi connectivity index (χ4n) is 7.31. The Labute approximate surface area is 387 Å². The fourth-order valence-corrected chi connectivity index (χ4v) is 8.06. The van der Waals surface area contributed by atoms with Crippen LogP contribution in [0.15, 0.2) is 48.6 Å². The number of nitrogens with one attached hydrogen (secondary N) is 1. The molecule has 0 rings (SSSR count). The van der Waals surface area contributed by atoms with E-state index >= 15 is 0 Å². The van der Waals surface area contributed by atoms with Crippen molar-refractivity contribution in [3.63, 3.8) is 0 Å². The minimum atomic E-state index is -4.43. The molecular weight excluding hydrogens is 810 g/mol. The van der Waals surface area contributed by atoms with E-state index in [4.69, 9.17) is 13.8 Å². The Kier molecular flexibility index (Phi) is 47.8. The highest BCUT2D eigenvalue weighted by atomic mass is 31.2. The van der Waals surface area contributed by atoms with Crippen molar-refractivity contribution < 1.29 is 37.9 Å². The van der Waals surface area contributed by atoms with Crippen molar-refractivity contribution in [3.8, 4) is 0 Å². The maximum absolute atomic E-state index is 12.2. The summed E-state index contributed by atoms with van der Waals surface area (Å²) in [4.78, 5) is 34.1. The molecule has 0 aromatic heterocycles. The van der Waals surface area contributed by atoms with Gasteiger partial charge in [-0.1, -0.05) is 223 Å². The molecule has 1 amide bonds. The third kappa shape index (κ3) is 50.8. The van der Waals surface area contributed by atoms with Crippen molar-refractivity contribution in [3.05, 3.63) is 48.6 Å². The van der Waals surface area contributed by atoms with Crippen LogP contribution in [0.5, 0.6) is 0 Å². The van der Waals surface area contributed by atoms with Gasteiger partial charge in [0.25, 0.3) is 0 Å². The lowest BCUT2D eigenvalue weighted by molar-refractivity contribution is -0.147. The maximum atomic E-state index is 12.2. The van der Waals surface area contributed by atoms with Gasteiger partial charge in [-0.2, -0.15) is 0 Å². The zero-order valence-electron chi connectivity index (χ0n) is 40.8. The molecule has 10 heteroatoms. The quantitative estimate of drug-likeness (QED) is 0.0238. The Morgan fingerprint density at radius 2 is 0.857 bits per heavy atom. The fraction of sp³-hybridized carbons (Fsp3) is 0.811. The Hall–Kier alpha value is -2.03. The van der Waals surface area contributed by atoms with Gasteiger partial charge in [-0.15, -0.1) is 0 Å². The molecule has 0 spiro atoms. The van der Waals surface area contributed by atoms with Crippen molar-refractivity contribution >= 4 is 19.7 Å². The molecular formula is C53H98NO8P. The van der Waals surface area contributed by atoms with E-state index in [9.17, 15) is 24.2 Å². The molecule has 0 aliphatic rings. The summed E-state index contributed by atoms with van der Waals surface area (Å²) in [6, 6.07) is 0. The first kappa shape index (κ1) is 61.0. The van der Waals surface area contributed by atoms with Gasteiger partial charge < -0.3 is 20.1 Å². The average molecular weight is 908 g/mol. The summed E-state index contributed by atoms with van der Waals surface area (Å²) in [6.07, 6.45) is 59.0. The number of phosphoric ester groups is 1. The standard InChI is InChI=1S/C53H98NO8P/c1-3-5-7-9-11-13-15-17-19-21-23-24-25-26-28-29-31-33-35-37-39-41-43-45-52(56)54-47-48-61-63(58,59)62-50-51(55)49-60-53(57)46-44-42-40-38-36-34-32-30-27-22-20-18-16-14-12-10-8-6-4-2/h11,13,17,19,23-24,26,28,51,55H,3-10,12,14-16,18,20-22,25,27,29-50H2,1-2H3,(H,54,56)(H,58,59)/b13-11-,19-17-,24-23-,28-26-. The van der Waals surface area contributed by atoms with Crippen molar-refractivity contribution in [2.45, 2.75) is 251 Å². The Morgan fingerprint density at radius 3 is 1.32 bits per heavy atom. The molecule has 0 aromatic rings. The van der Waals surface area contributed by atoms with Crippen LogP contribution >= 0.6 is 7.82 Å². The number of allylic oxidation sites excluding steroid dienone is 8. The topological polar surface area (TPSA) is 131 Å². The van der Waals surface area contributed by atoms with Crippen LogP contribution in [0.4, 0.5) is 0 Å². The summed E-state index contributed by atoms with van der Waals surface area (Å²) in [7, 11) is -4.43. The van der Waals surface area contributed by atoms with Gasteiger partial charge in [0, 0.05) is 19.4 Å². The molecule has 0 aliphatic carbocycles. The number of rotatable bonds is 49. The summed E-state index contributed by atoms with van der Waals surface area (Å²) in [5, 5.41) is 12.8. The van der Waals surface area contributed by atoms with Gasteiger partial charge in [0.15, 0.2) is 0 Å². The van der Waals surface area contributed by atoms with Crippen LogP contribution in [0.25, 0.3) is 0 Å². The van der Waals surface area contributed by atoms with Crippen molar-refractivity contribution in [1.29, 1.82) is 0 Å². The van der Waals surface area contributed by atoms with Crippen molar-refractivity contribution in [1.82, 2.24) is 5.32 Å². The van der Waals surface area contributed by atoms with Crippen LogP contribution < -0.4 is 5.32 Å². The molecule has 0 bridgehead atoms. The number of ether oxygens (including phenoxy) is 1. The second kappa shape index (κ2) is 49.4. The number of carbonyl (C=O) groups excluding carboxylic acids is 2. The molecule has 2 unspecified atom stereocenters. The van der Waals surface area contributed by atoms with Crippen molar-refractivity contribution in [2.75, 3.05) is 26.4 Å². The largest absolute Gasteiger partial charge is 0.472 e. The molecule has 0 fully saturated rings. The highest BCUT2D eigenvalue weighted by molar-refractivity contribution is 7.47. The molecule has 63 heavy (non-hydrogen) atoms. The minimum absolute atomic E-state index is 0.0752. The van der Waals surface area contributed by atoms with E-state index in [-0.39, 0.29) is 32.1 Å². The smallest absolute Gasteiger partial charge is 0.463 e. The number of phosphoric acid groups is 1. The zero-order chi connectivity index (χ0) is 46.0. The minimum Gasteiger partial charge on any atom is -0.463 e. The van der Waals surface area contributed by atoms with Gasteiger partial charge in [-0.25, -0.2) is 4.57 Å². The Bertz CT molecular complexity index is 1170. The molecule has 2 atom stereocenters.